The minimum atomic E-state index is 0. The van der Waals surface area contributed by atoms with E-state index in [0.717, 1.165) is 26.1 Å². The molecule has 2 aliphatic rings. The summed E-state index contributed by atoms with van der Waals surface area (Å²) in [6, 6.07) is 0.313. The van der Waals surface area contributed by atoms with Gasteiger partial charge < -0.3 is 15.0 Å². The van der Waals surface area contributed by atoms with Crippen molar-refractivity contribution >= 4 is 18.3 Å². The molecule has 1 saturated carbocycles. The predicted molar refractivity (Wildman–Crippen MR) is 97.0 cm³/mol. The number of nitrogens with one attached hydrogen (secondary N) is 1. The molecule has 4 unspecified atom stereocenters. The molecule has 1 amide bonds. The van der Waals surface area contributed by atoms with Crippen LogP contribution >= 0.6 is 12.4 Å². The second-order valence-electron chi connectivity index (χ2n) is 7.81. The van der Waals surface area contributed by atoms with Crippen molar-refractivity contribution in [2.24, 2.45) is 17.3 Å². The first-order chi connectivity index (χ1) is 10.4. The van der Waals surface area contributed by atoms with Gasteiger partial charge in [0.15, 0.2) is 0 Å². The van der Waals surface area contributed by atoms with E-state index in [2.05, 4.69) is 26.1 Å². The van der Waals surface area contributed by atoms with Gasteiger partial charge in [-0.3, -0.25) is 4.79 Å². The first-order valence-corrected chi connectivity index (χ1v) is 8.95. The summed E-state index contributed by atoms with van der Waals surface area (Å²) < 4.78 is 5.78. The van der Waals surface area contributed by atoms with E-state index in [0.29, 0.717) is 30.2 Å². The van der Waals surface area contributed by atoms with Crippen molar-refractivity contribution in [3.63, 3.8) is 0 Å². The van der Waals surface area contributed by atoms with Crippen molar-refractivity contribution in [3.8, 4) is 0 Å². The quantitative estimate of drug-likeness (QED) is 0.803. The number of piperidine rings is 1. The second-order valence-corrected chi connectivity index (χ2v) is 7.81. The van der Waals surface area contributed by atoms with Crippen LogP contribution in [0.5, 0.6) is 0 Å². The van der Waals surface area contributed by atoms with Crippen molar-refractivity contribution in [3.05, 3.63) is 0 Å². The Hall–Kier alpha value is -0.320. The third-order valence-electron chi connectivity index (χ3n) is 5.99. The van der Waals surface area contributed by atoms with E-state index in [1.54, 1.807) is 0 Å². The molecule has 2 rings (SSSR count). The molecule has 0 radical (unpaired) electrons. The number of hydrogen-bond donors (Lipinski definition) is 1. The van der Waals surface area contributed by atoms with E-state index in [1.807, 2.05) is 18.9 Å². The van der Waals surface area contributed by atoms with Crippen LogP contribution in [0.25, 0.3) is 0 Å². The van der Waals surface area contributed by atoms with Gasteiger partial charge >= 0.3 is 0 Å². The summed E-state index contributed by atoms with van der Waals surface area (Å²) in [5, 5.41) is 3.45. The molecule has 1 aliphatic carbocycles. The standard InChI is InChI=1S/C18H34N2O2.ClH/c1-6-22-16-11-15(18(16,3)4)20(5)17(21)10-13(2)14-8-7-9-19-12-14;/h13-16,19H,6-12H2,1-5H3;1H. The summed E-state index contributed by atoms with van der Waals surface area (Å²) in [5.41, 5.74) is 0.0655. The molecule has 0 aromatic carbocycles. The van der Waals surface area contributed by atoms with Gasteiger partial charge in [0.25, 0.3) is 0 Å². The lowest BCUT2D eigenvalue weighted by Crippen LogP contribution is -2.62. The number of carbonyl (C=O) groups is 1. The summed E-state index contributed by atoms with van der Waals surface area (Å²) in [4.78, 5) is 14.6. The summed E-state index contributed by atoms with van der Waals surface area (Å²) >= 11 is 0. The number of amides is 1. The molecule has 0 aromatic heterocycles. The monoisotopic (exact) mass is 346 g/mol. The number of ether oxygens (including phenoxy) is 1. The lowest BCUT2D eigenvalue weighted by Gasteiger charge is -2.55. The third-order valence-corrected chi connectivity index (χ3v) is 5.99. The zero-order valence-electron chi connectivity index (χ0n) is 15.4. The molecule has 5 heteroatoms. The van der Waals surface area contributed by atoms with E-state index < -0.39 is 0 Å². The van der Waals surface area contributed by atoms with Crippen LogP contribution in [0, 0.1) is 17.3 Å². The van der Waals surface area contributed by atoms with Crippen LogP contribution in [-0.2, 0) is 9.53 Å². The summed E-state index contributed by atoms with van der Waals surface area (Å²) in [6.07, 6.45) is 4.44. The van der Waals surface area contributed by atoms with Crippen LogP contribution in [0.2, 0.25) is 0 Å². The fourth-order valence-corrected chi connectivity index (χ4v) is 4.13. The Morgan fingerprint density at radius 2 is 2.13 bits per heavy atom. The molecule has 1 saturated heterocycles. The van der Waals surface area contributed by atoms with Crippen molar-refractivity contribution in [1.29, 1.82) is 0 Å². The van der Waals surface area contributed by atoms with Gasteiger partial charge in [-0.1, -0.05) is 20.8 Å². The molecule has 4 nitrogen and oxygen atoms in total. The van der Waals surface area contributed by atoms with Crippen molar-refractivity contribution < 1.29 is 9.53 Å². The lowest BCUT2D eigenvalue weighted by atomic mass is 9.63. The fourth-order valence-electron chi connectivity index (χ4n) is 4.13. The molecule has 0 bridgehead atoms. The predicted octanol–water partition coefficient (Wildman–Crippen LogP) is 3.10. The molecule has 1 heterocycles. The number of hydrogen-bond acceptors (Lipinski definition) is 3. The average molecular weight is 347 g/mol. The van der Waals surface area contributed by atoms with Gasteiger partial charge in [-0.15, -0.1) is 12.4 Å². The zero-order chi connectivity index (χ0) is 16.3. The van der Waals surface area contributed by atoms with Gasteiger partial charge in [-0.25, -0.2) is 0 Å². The Morgan fingerprint density at radius 3 is 2.65 bits per heavy atom. The number of nitrogens with zero attached hydrogens (tertiary/aromatic N) is 1. The number of carbonyl (C=O) groups excluding carboxylic acids is 1. The zero-order valence-corrected chi connectivity index (χ0v) is 16.2. The molecule has 2 fully saturated rings. The Morgan fingerprint density at radius 1 is 1.43 bits per heavy atom. The normalized spacial score (nSPS) is 30.7. The maximum absolute atomic E-state index is 12.6. The molecule has 0 aromatic rings. The van der Waals surface area contributed by atoms with Crippen molar-refractivity contribution in [1.82, 2.24) is 10.2 Å². The summed E-state index contributed by atoms with van der Waals surface area (Å²) in [7, 11) is 1.97. The fraction of sp³-hybridized carbons (Fsp3) is 0.944. The molecule has 4 atom stereocenters. The van der Waals surface area contributed by atoms with Gasteiger partial charge in [0.2, 0.25) is 5.91 Å². The number of rotatable bonds is 6. The first kappa shape index (κ1) is 20.7. The Labute approximate surface area is 148 Å². The SMILES string of the molecule is CCOC1CC(N(C)C(=O)CC(C)C2CCCNC2)C1(C)C.Cl. The second kappa shape index (κ2) is 8.68. The van der Waals surface area contributed by atoms with E-state index in [9.17, 15) is 4.79 Å². The van der Waals surface area contributed by atoms with E-state index >= 15 is 0 Å². The minimum Gasteiger partial charge on any atom is -0.378 e. The minimum absolute atomic E-state index is 0. The van der Waals surface area contributed by atoms with E-state index in [1.165, 1.54) is 12.8 Å². The maximum atomic E-state index is 12.6. The smallest absolute Gasteiger partial charge is 0.222 e. The Kier molecular flexibility index (Phi) is 7.82. The third kappa shape index (κ3) is 4.61. The molecule has 23 heavy (non-hydrogen) atoms. The molecule has 136 valence electrons. The highest BCUT2D eigenvalue weighted by molar-refractivity contribution is 5.85. The number of halogens is 1. The molecular formula is C18H35ClN2O2. The highest BCUT2D eigenvalue weighted by atomic mass is 35.5. The van der Waals surface area contributed by atoms with Crippen molar-refractivity contribution in [2.45, 2.75) is 65.5 Å². The van der Waals surface area contributed by atoms with Crippen LogP contribution in [0.3, 0.4) is 0 Å². The molecule has 0 spiro atoms. The lowest BCUT2D eigenvalue weighted by molar-refractivity contribution is -0.164. The van der Waals surface area contributed by atoms with Crippen LogP contribution in [-0.4, -0.2) is 49.7 Å². The first-order valence-electron chi connectivity index (χ1n) is 8.95. The highest BCUT2D eigenvalue weighted by Gasteiger charge is 2.51. The van der Waals surface area contributed by atoms with Gasteiger partial charge in [-0.05, 0) is 51.1 Å². The van der Waals surface area contributed by atoms with Crippen LogP contribution in [0.4, 0.5) is 0 Å². The Balaban J connectivity index is 0.00000264. The molecule has 1 aliphatic heterocycles. The van der Waals surface area contributed by atoms with Crippen molar-refractivity contribution in [2.75, 3.05) is 26.7 Å². The van der Waals surface area contributed by atoms with Crippen LogP contribution in [0.15, 0.2) is 0 Å². The molecular weight excluding hydrogens is 312 g/mol. The van der Waals surface area contributed by atoms with Crippen LogP contribution < -0.4 is 5.32 Å². The van der Waals surface area contributed by atoms with Gasteiger partial charge in [0.1, 0.15) is 0 Å². The van der Waals surface area contributed by atoms with Gasteiger partial charge in [0.05, 0.1) is 6.10 Å². The Bertz CT molecular complexity index is 383. The van der Waals surface area contributed by atoms with Crippen LogP contribution in [0.1, 0.15) is 53.4 Å². The summed E-state index contributed by atoms with van der Waals surface area (Å²) in [5.74, 6) is 1.41. The van der Waals surface area contributed by atoms with E-state index in [4.69, 9.17) is 4.74 Å². The highest BCUT2D eigenvalue weighted by Crippen LogP contribution is 2.45. The van der Waals surface area contributed by atoms with E-state index in [-0.39, 0.29) is 23.9 Å². The molecule has 1 N–H and O–H groups in total. The van der Waals surface area contributed by atoms with Gasteiger partial charge in [0, 0.05) is 31.5 Å². The van der Waals surface area contributed by atoms with Gasteiger partial charge in [-0.2, -0.15) is 0 Å². The summed E-state index contributed by atoms with van der Waals surface area (Å²) in [6.45, 7) is 11.7. The average Bonchev–Trinajstić information content (AvgIpc) is 2.51. The maximum Gasteiger partial charge on any atom is 0.222 e. The largest absolute Gasteiger partial charge is 0.378 e. The topological polar surface area (TPSA) is 41.6 Å².